The van der Waals surface area contributed by atoms with Gasteiger partial charge < -0.3 is 15.4 Å². The van der Waals surface area contributed by atoms with Crippen molar-refractivity contribution in [1.82, 2.24) is 10.6 Å². The first-order valence-corrected chi connectivity index (χ1v) is 8.40. The lowest BCUT2D eigenvalue weighted by Crippen LogP contribution is -2.39. The van der Waals surface area contributed by atoms with E-state index in [-0.39, 0.29) is 24.0 Å². The minimum absolute atomic E-state index is 0. The number of benzene rings is 1. The van der Waals surface area contributed by atoms with Crippen LogP contribution in [0.3, 0.4) is 0 Å². The fraction of sp³-hybridized carbons (Fsp3) is 0.353. The molecule has 2 N–H and O–H groups in total. The maximum absolute atomic E-state index is 5.70. The average Bonchev–Trinajstić information content (AvgIpc) is 3.04. The van der Waals surface area contributed by atoms with E-state index in [1.165, 1.54) is 10.4 Å². The number of aryl methyl sites for hydroxylation is 1. The van der Waals surface area contributed by atoms with Crippen LogP contribution in [0.4, 0.5) is 0 Å². The fourth-order valence-electron chi connectivity index (χ4n) is 1.87. The number of nitrogens with one attached hydrogen (secondary N) is 2. The molecule has 0 amide bonds. The predicted octanol–water partition coefficient (Wildman–Crippen LogP) is 3.81. The van der Waals surface area contributed by atoms with Crippen LogP contribution in [0.2, 0.25) is 0 Å². The van der Waals surface area contributed by atoms with Gasteiger partial charge in [0.15, 0.2) is 5.96 Å². The highest BCUT2D eigenvalue weighted by atomic mass is 127. The van der Waals surface area contributed by atoms with E-state index in [0.717, 1.165) is 18.3 Å². The van der Waals surface area contributed by atoms with Gasteiger partial charge >= 0.3 is 0 Å². The van der Waals surface area contributed by atoms with E-state index in [2.05, 4.69) is 53.1 Å². The molecule has 0 atom stereocenters. The summed E-state index contributed by atoms with van der Waals surface area (Å²) in [6, 6.07) is 12.2. The molecule has 2 rings (SSSR count). The van der Waals surface area contributed by atoms with E-state index in [1.807, 2.05) is 18.2 Å². The SMILES string of the molecule is CCNC(=NCc1cccs1)NCCOc1ccc(C)cc1.I. The number of halogens is 1. The zero-order chi connectivity index (χ0) is 15.6. The van der Waals surface area contributed by atoms with Crippen LogP contribution < -0.4 is 15.4 Å². The molecule has 1 heterocycles. The van der Waals surface area contributed by atoms with Crippen LogP contribution in [-0.2, 0) is 6.54 Å². The molecule has 0 bridgehead atoms. The summed E-state index contributed by atoms with van der Waals surface area (Å²) in [4.78, 5) is 5.82. The molecule has 126 valence electrons. The molecule has 1 aromatic carbocycles. The van der Waals surface area contributed by atoms with Gasteiger partial charge in [-0.15, -0.1) is 35.3 Å². The van der Waals surface area contributed by atoms with Gasteiger partial charge in [-0.05, 0) is 37.4 Å². The second-order valence-electron chi connectivity index (χ2n) is 4.86. The third kappa shape index (κ3) is 7.69. The van der Waals surface area contributed by atoms with E-state index in [4.69, 9.17) is 4.74 Å². The van der Waals surface area contributed by atoms with Crippen molar-refractivity contribution in [2.24, 2.45) is 4.99 Å². The lowest BCUT2D eigenvalue weighted by Gasteiger charge is -2.12. The Morgan fingerprint density at radius 2 is 1.96 bits per heavy atom. The number of rotatable bonds is 7. The number of guanidine groups is 1. The molecule has 0 fully saturated rings. The lowest BCUT2D eigenvalue weighted by atomic mass is 10.2. The summed E-state index contributed by atoms with van der Waals surface area (Å²) < 4.78 is 5.70. The molecular formula is C17H24IN3OS. The van der Waals surface area contributed by atoms with Crippen LogP contribution in [0.25, 0.3) is 0 Å². The smallest absolute Gasteiger partial charge is 0.191 e. The Hall–Kier alpha value is -1.28. The summed E-state index contributed by atoms with van der Waals surface area (Å²) in [5, 5.41) is 8.59. The molecule has 1 aromatic heterocycles. The summed E-state index contributed by atoms with van der Waals surface area (Å²) in [7, 11) is 0. The van der Waals surface area contributed by atoms with E-state index in [9.17, 15) is 0 Å². The molecule has 23 heavy (non-hydrogen) atoms. The van der Waals surface area contributed by atoms with Crippen LogP contribution in [0.5, 0.6) is 5.75 Å². The predicted molar refractivity (Wildman–Crippen MR) is 109 cm³/mol. The van der Waals surface area contributed by atoms with E-state index in [1.54, 1.807) is 11.3 Å². The average molecular weight is 445 g/mol. The number of hydrogen-bond acceptors (Lipinski definition) is 3. The summed E-state index contributed by atoms with van der Waals surface area (Å²) >= 11 is 1.72. The normalized spacial score (nSPS) is 10.8. The van der Waals surface area contributed by atoms with Crippen LogP contribution in [0, 0.1) is 6.92 Å². The largest absolute Gasteiger partial charge is 0.492 e. The van der Waals surface area contributed by atoms with Gasteiger partial charge in [0, 0.05) is 11.4 Å². The van der Waals surface area contributed by atoms with Gasteiger partial charge in [0.25, 0.3) is 0 Å². The molecule has 0 saturated carbocycles. The Morgan fingerprint density at radius 1 is 1.17 bits per heavy atom. The van der Waals surface area contributed by atoms with Crippen LogP contribution in [-0.4, -0.2) is 25.7 Å². The molecular weight excluding hydrogens is 421 g/mol. The van der Waals surface area contributed by atoms with Gasteiger partial charge in [-0.2, -0.15) is 0 Å². The third-order valence-electron chi connectivity index (χ3n) is 3.00. The first-order valence-electron chi connectivity index (χ1n) is 7.52. The Kier molecular flexibility index (Phi) is 9.70. The van der Waals surface area contributed by atoms with Gasteiger partial charge in [-0.25, -0.2) is 4.99 Å². The van der Waals surface area contributed by atoms with Crippen LogP contribution >= 0.6 is 35.3 Å². The molecule has 0 unspecified atom stereocenters. The Bertz CT molecular complexity index is 570. The van der Waals surface area contributed by atoms with Gasteiger partial charge in [0.05, 0.1) is 13.1 Å². The summed E-state index contributed by atoms with van der Waals surface area (Å²) in [6.45, 7) is 6.99. The summed E-state index contributed by atoms with van der Waals surface area (Å²) in [5.74, 6) is 1.72. The number of hydrogen-bond donors (Lipinski definition) is 2. The molecule has 2 aromatic rings. The topological polar surface area (TPSA) is 45.7 Å². The van der Waals surface area contributed by atoms with Crippen molar-refractivity contribution in [1.29, 1.82) is 0 Å². The summed E-state index contributed by atoms with van der Waals surface area (Å²) in [5.41, 5.74) is 1.24. The Morgan fingerprint density at radius 3 is 2.61 bits per heavy atom. The monoisotopic (exact) mass is 445 g/mol. The Labute approximate surface area is 159 Å². The minimum atomic E-state index is 0. The Balaban J connectivity index is 0.00000264. The highest BCUT2D eigenvalue weighted by molar-refractivity contribution is 14.0. The number of nitrogens with zero attached hydrogens (tertiary/aromatic N) is 1. The molecule has 4 nitrogen and oxygen atoms in total. The second kappa shape index (κ2) is 11.3. The standard InChI is InChI=1S/C17H23N3OS.HI/c1-3-18-17(20-13-16-5-4-12-22-16)19-10-11-21-15-8-6-14(2)7-9-15;/h4-9,12H,3,10-11,13H2,1-2H3,(H2,18,19,20);1H. The van der Waals surface area contributed by atoms with E-state index in [0.29, 0.717) is 19.7 Å². The molecule has 0 saturated heterocycles. The van der Waals surface area contributed by atoms with Crippen molar-refractivity contribution < 1.29 is 4.74 Å². The van der Waals surface area contributed by atoms with Crippen LogP contribution in [0.15, 0.2) is 46.8 Å². The molecule has 0 aliphatic heterocycles. The van der Waals surface area contributed by atoms with E-state index < -0.39 is 0 Å². The van der Waals surface area contributed by atoms with Crippen molar-refractivity contribution in [3.63, 3.8) is 0 Å². The van der Waals surface area contributed by atoms with Crippen molar-refractivity contribution in [2.45, 2.75) is 20.4 Å². The summed E-state index contributed by atoms with van der Waals surface area (Å²) in [6.07, 6.45) is 0. The van der Waals surface area contributed by atoms with Gasteiger partial charge in [0.2, 0.25) is 0 Å². The van der Waals surface area contributed by atoms with Crippen molar-refractivity contribution >= 4 is 41.3 Å². The quantitative estimate of drug-likeness (QED) is 0.295. The van der Waals surface area contributed by atoms with Gasteiger partial charge in [-0.1, -0.05) is 23.8 Å². The minimum Gasteiger partial charge on any atom is -0.492 e. The fourth-order valence-corrected chi connectivity index (χ4v) is 2.50. The van der Waals surface area contributed by atoms with Crippen LogP contribution in [0.1, 0.15) is 17.4 Å². The maximum atomic E-state index is 5.70. The zero-order valence-corrected chi connectivity index (χ0v) is 16.7. The van der Waals surface area contributed by atoms with Gasteiger partial charge in [-0.3, -0.25) is 0 Å². The molecule has 0 radical (unpaired) electrons. The van der Waals surface area contributed by atoms with E-state index >= 15 is 0 Å². The first kappa shape index (κ1) is 19.8. The second-order valence-corrected chi connectivity index (χ2v) is 5.90. The van der Waals surface area contributed by atoms with Crippen molar-refractivity contribution in [3.8, 4) is 5.75 Å². The highest BCUT2D eigenvalue weighted by Crippen LogP contribution is 2.11. The molecule has 6 heteroatoms. The molecule has 0 aliphatic carbocycles. The number of thiophene rings is 1. The zero-order valence-electron chi connectivity index (χ0n) is 13.5. The number of aliphatic imine (C=N–C) groups is 1. The maximum Gasteiger partial charge on any atom is 0.191 e. The number of ether oxygens (including phenoxy) is 1. The van der Waals surface area contributed by atoms with Crippen molar-refractivity contribution in [3.05, 3.63) is 52.2 Å². The molecule has 0 spiro atoms. The third-order valence-corrected chi connectivity index (χ3v) is 3.86. The highest BCUT2D eigenvalue weighted by Gasteiger charge is 1.98. The molecule has 0 aliphatic rings. The lowest BCUT2D eigenvalue weighted by molar-refractivity contribution is 0.322. The first-order chi connectivity index (χ1) is 10.8. The van der Waals surface area contributed by atoms with Gasteiger partial charge in [0.1, 0.15) is 12.4 Å². The van der Waals surface area contributed by atoms with Crippen molar-refractivity contribution in [2.75, 3.05) is 19.7 Å².